The summed E-state index contributed by atoms with van der Waals surface area (Å²) in [5.74, 6) is 0.291. The van der Waals surface area contributed by atoms with E-state index >= 15 is 0 Å². The molecule has 1 aliphatic rings. The number of carbonyl (C=O) groups excluding carboxylic acids is 1. The highest BCUT2D eigenvalue weighted by molar-refractivity contribution is 7.20. The Morgan fingerprint density at radius 3 is 3.00 bits per heavy atom. The third-order valence-corrected chi connectivity index (χ3v) is 7.18. The largest absolute Gasteiger partial charge is 0.383 e. The molecule has 6 nitrogen and oxygen atoms in total. The van der Waals surface area contributed by atoms with Gasteiger partial charge in [0.15, 0.2) is 0 Å². The number of pyridine rings is 2. The Kier molecular flexibility index (Phi) is 6.12. The molecule has 5 rings (SSSR count). The van der Waals surface area contributed by atoms with Gasteiger partial charge in [0, 0.05) is 55.8 Å². The summed E-state index contributed by atoms with van der Waals surface area (Å²) < 4.78 is 5.08. The number of methoxy groups -OCH3 is 1. The number of benzene rings is 1. The molecule has 3 aromatic heterocycles. The molecule has 1 aromatic carbocycles. The van der Waals surface area contributed by atoms with Gasteiger partial charge in [0.05, 0.1) is 17.0 Å². The molecule has 32 heavy (non-hydrogen) atoms. The summed E-state index contributed by atoms with van der Waals surface area (Å²) in [6.07, 6.45) is 4.66. The van der Waals surface area contributed by atoms with Crippen molar-refractivity contribution in [3.63, 3.8) is 0 Å². The van der Waals surface area contributed by atoms with Gasteiger partial charge in [0.1, 0.15) is 4.83 Å². The maximum atomic E-state index is 13.0. The quantitative estimate of drug-likeness (QED) is 0.431. The Labute approximate surface area is 191 Å². The van der Waals surface area contributed by atoms with Gasteiger partial charge in [0.2, 0.25) is 0 Å². The van der Waals surface area contributed by atoms with Crippen LogP contribution in [-0.2, 0) is 11.3 Å². The van der Waals surface area contributed by atoms with Gasteiger partial charge in [-0.05, 0) is 48.4 Å². The van der Waals surface area contributed by atoms with E-state index in [1.165, 1.54) is 22.3 Å². The average molecular weight is 447 g/mol. The second kappa shape index (κ2) is 9.32. The number of amides is 1. The molecule has 0 saturated carbocycles. The lowest BCUT2D eigenvalue weighted by Gasteiger charge is -2.17. The first-order chi connectivity index (χ1) is 15.7. The van der Waals surface area contributed by atoms with Crippen molar-refractivity contribution in [3.05, 3.63) is 70.9 Å². The molecule has 1 N–H and O–H groups in total. The van der Waals surface area contributed by atoms with Gasteiger partial charge in [0.25, 0.3) is 5.91 Å². The van der Waals surface area contributed by atoms with Crippen molar-refractivity contribution in [3.8, 4) is 0 Å². The van der Waals surface area contributed by atoms with Gasteiger partial charge in [-0.1, -0.05) is 18.2 Å². The van der Waals surface area contributed by atoms with Gasteiger partial charge in [-0.15, -0.1) is 11.3 Å². The fraction of sp³-hybridized carbons (Fsp3) is 0.320. The highest BCUT2D eigenvalue weighted by atomic mass is 32.1. The molecular weight excluding hydrogens is 420 g/mol. The number of thiophene rings is 1. The molecule has 0 bridgehead atoms. The molecule has 4 heterocycles. The van der Waals surface area contributed by atoms with Crippen molar-refractivity contribution in [1.29, 1.82) is 0 Å². The van der Waals surface area contributed by atoms with Crippen LogP contribution in [0.3, 0.4) is 0 Å². The van der Waals surface area contributed by atoms with Crippen molar-refractivity contribution in [2.75, 3.05) is 33.4 Å². The van der Waals surface area contributed by atoms with E-state index < -0.39 is 0 Å². The van der Waals surface area contributed by atoms with E-state index in [4.69, 9.17) is 4.74 Å². The smallest absolute Gasteiger partial charge is 0.261 e. The number of nitrogens with zero attached hydrogens (tertiary/aromatic N) is 3. The zero-order valence-electron chi connectivity index (χ0n) is 18.1. The topological polar surface area (TPSA) is 67.3 Å². The summed E-state index contributed by atoms with van der Waals surface area (Å²) in [4.78, 5) is 26.1. The molecule has 1 fully saturated rings. The summed E-state index contributed by atoms with van der Waals surface area (Å²) in [6.45, 7) is 3.85. The lowest BCUT2D eigenvalue weighted by atomic mass is 9.95. The fourth-order valence-electron chi connectivity index (χ4n) is 4.57. The van der Waals surface area contributed by atoms with Crippen LogP contribution in [0.2, 0.25) is 0 Å². The van der Waals surface area contributed by atoms with E-state index in [1.807, 2.05) is 18.3 Å². The first-order valence-corrected chi connectivity index (χ1v) is 11.7. The number of likely N-dealkylation sites (tertiary alicyclic amines) is 1. The Hall–Kier alpha value is -2.87. The molecule has 1 aliphatic heterocycles. The number of carbonyl (C=O) groups is 1. The second-order valence-corrected chi connectivity index (χ2v) is 9.20. The molecule has 4 aromatic rings. The van der Waals surface area contributed by atoms with Crippen molar-refractivity contribution < 1.29 is 9.53 Å². The van der Waals surface area contributed by atoms with Crippen LogP contribution in [0.5, 0.6) is 0 Å². The predicted octanol–water partition coefficient (Wildman–Crippen LogP) is 4.21. The van der Waals surface area contributed by atoms with Crippen LogP contribution < -0.4 is 5.32 Å². The number of hydrogen-bond donors (Lipinski definition) is 1. The number of nitrogens with one attached hydrogen (secondary N) is 1. The molecule has 0 aliphatic carbocycles. The maximum absolute atomic E-state index is 13.0. The molecule has 7 heteroatoms. The summed E-state index contributed by atoms with van der Waals surface area (Å²) in [5.41, 5.74) is 3.47. The zero-order chi connectivity index (χ0) is 21.9. The van der Waals surface area contributed by atoms with Crippen molar-refractivity contribution >= 4 is 38.4 Å². The number of hydrogen-bond acceptors (Lipinski definition) is 6. The third kappa shape index (κ3) is 4.24. The molecule has 164 valence electrons. The van der Waals surface area contributed by atoms with Gasteiger partial charge < -0.3 is 10.1 Å². The van der Waals surface area contributed by atoms with E-state index in [1.54, 1.807) is 13.3 Å². The van der Waals surface area contributed by atoms with Crippen LogP contribution >= 0.6 is 11.3 Å². The monoisotopic (exact) mass is 446 g/mol. The SMILES string of the molecule is COCCNC(=O)c1sc2ncccc2c1C1CCN(Cc2ccc3ncccc3c2)C1. The lowest BCUT2D eigenvalue weighted by Crippen LogP contribution is -2.27. The zero-order valence-corrected chi connectivity index (χ0v) is 18.9. The first kappa shape index (κ1) is 21.0. The fourth-order valence-corrected chi connectivity index (χ4v) is 5.71. The highest BCUT2D eigenvalue weighted by Gasteiger charge is 2.31. The number of aromatic nitrogens is 2. The van der Waals surface area contributed by atoms with Crippen LogP contribution in [0.4, 0.5) is 0 Å². The second-order valence-electron chi connectivity index (χ2n) is 8.20. The minimum atomic E-state index is -0.0273. The first-order valence-electron chi connectivity index (χ1n) is 10.9. The molecule has 1 unspecified atom stereocenters. The van der Waals surface area contributed by atoms with Gasteiger partial charge in [-0.3, -0.25) is 14.7 Å². The minimum Gasteiger partial charge on any atom is -0.383 e. The molecule has 1 atom stereocenters. The van der Waals surface area contributed by atoms with Gasteiger partial charge in [-0.25, -0.2) is 4.98 Å². The van der Waals surface area contributed by atoms with E-state index in [0.717, 1.165) is 52.2 Å². The normalized spacial score (nSPS) is 16.7. The standard InChI is InChI=1S/C25H26N4O2S/c1-31-13-11-27-24(30)23-22(20-5-3-10-28-25(20)32-23)19-8-12-29(16-19)15-17-6-7-21-18(14-17)4-2-9-26-21/h2-7,9-10,14,19H,8,11-13,15-16H2,1H3,(H,27,30). The lowest BCUT2D eigenvalue weighted by molar-refractivity contribution is 0.0940. The number of rotatable bonds is 7. The third-order valence-electron chi connectivity index (χ3n) is 6.06. The Balaban J connectivity index is 1.37. The van der Waals surface area contributed by atoms with Crippen LogP contribution in [-0.4, -0.2) is 54.1 Å². The maximum Gasteiger partial charge on any atom is 0.261 e. The Bertz CT molecular complexity index is 1260. The summed E-state index contributed by atoms with van der Waals surface area (Å²) in [7, 11) is 1.64. The van der Waals surface area contributed by atoms with Gasteiger partial charge in [-0.2, -0.15) is 0 Å². The number of fused-ring (bicyclic) bond motifs is 2. The van der Waals surface area contributed by atoms with E-state index in [0.29, 0.717) is 19.1 Å². The average Bonchev–Trinajstić information content (AvgIpc) is 3.43. The minimum absolute atomic E-state index is 0.0273. The molecule has 1 saturated heterocycles. The molecule has 0 radical (unpaired) electrons. The number of ether oxygens (including phenoxy) is 1. The van der Waals surface area contributed by atoms with Crippen molar-refractivity contribution in [2.45, 2.75) is 18.9 Å². The van der Waals surface area contributed by atoms with Crippen LogP contribution in [0, 0.1) is 0 Å². The molecular formula is C25H26N4O2S. The van der Waals surface area contributed by atoms with Gasteiger partial charge >= 0.3 is 0 Å². The van der Waals surface area contributed by atoms with Crippen molar-refractivity contribution in [1.82, 2.24) is 20.2 Å². The van der Waals surface area contributed by atoms with Crippen LogP contribution in [0.1, 0.15) is 33.1 Å². The summed E-state index contributed by atoms with van der Waals surface area (Å²) in [5, 5.41) is 5.27. The van der Waals surface area contributed by atoms with Crippen LogP contribution in [0.15, 0.2) is 54.9 Å². The predicted molar refractivity (Wildman–Crippen MR) is 128 cm³/mol. The Morgan fingerprint density at radius 2 is 2.09 bits per heavy atom. The highest BCUT2D eigenvalue weighted by Crippen LogP contribution is 2.39. The van der Waals surface area contributed by atoms with E-state index in [-0.39, 0.29) is 5.91 Å². The van der Waals surface area contributed by atoms with Crippen molar-refractivity contribution in [2.24, 2.45) is 0 Å². The Morgan fingerprint density at radius 1 is 1.22 bits per heavy atom. The molecule has 1 amide bonds. The summed E-state index contributed by atoms with van der Waals surface area (Å²) in [6, 6.07) is 14.6. The van der Waals surface area contributed by atoms with E-state index in [9.17, 15) is 4.79 Å². The molecule has 0 spiro atoms. The summed E-state index contributed by atoms with van der Waals surface area (Å²) >= 11 is 1.49. The van der Waals surface area contributed by atoms with Crippen LogP contribution in [0.25, 0.3) is 21.1 Å². The van der Waals surface area contributed by atoms with E-state index in [2.05, 4.69) is 50.5 Å².